The van der Waals surface area contributed by atoms with Crippen molar-refractivity contribution >= 4 is 32.4 Å². The zero-order chi connectivity index (χ0) is 21.1. The average Bonchev–Trinajstić information content (AvgIpc) is 3.20. The van der Waals surface area contributed by atoms with Gasteiger partial charge in [-0.2, -0.15) is 4.31 Å². The van der Waals surface area contributed by atoms with Gasteiger partial charge in [-0.25, -0.2) is 8.42 Å². The number of hydrogen-bond acceptors (Lipinski definition) is 6. The van der Waals surface area contributed by atoms with Crippen LogP contribution in [-0.2, 0) is 29.4 Å². The van der Waals surface area contributed by atoms with E-state index in [-0.39, 0.29) is 10.5 Å². The van der Waals surface area contributed by atoms with E-state index in [9.17, 15) is 13.2 Å². The summed E-state index contributed by atoms with van der Waals surface area (Å²) in [6, 6.07) is 14.0. The Morgan fingerprint density at radius 3 is 2.73 bits per heavy atom. The molecule has 0 unspecified atom stereocenters. The van der Waals surface area contributed by atoms with Crippen molar-refractivity contribution in [2.24, 2.45) is 0 Å². The molecule has 2 heterocycles. The fraction of sp³-hybridized carbons (Fsp3) is 0.286. The van der Waals surface area contributed by atoms with Crippen LogP contribution in [0.5, 0.6) is 0 Å². The molecular weight excluding hydrogens is 420 g/mol. The minimum absolute atomic E-state index is 0.110. The number of carbonyl (C=O) groups is 1. The minimum Gasteiger partial charge on any atom is -0.296 e. The number of fused-ring (bicyclic) bond motifs is 1. The topological polar surface area (TPSA) is 92.3 Å². The van der Waals surface area contributed by atoms with E-state index in [4.69, 9.17) is 0 Å². The van der Waals surface area contributed by atoms with Gasteiger partial charge >= 0.3 is 0 Å². The Balaban J connectivity index is 1.52. The Labute approximate surface area is 179 Å². The standard InChI is InChI=1S/C21H22N4O3S2/c1-2-6-19-23-24-21(29-19)22-20(26)16-9-5-10-18(13-16)30(27,28)25-12-11-15-7-3-4-8-17(15)14-25/h3-5,7-10,13H,2,6,11-12,14H2,1H3,(H,22,24,26). The lowest BCUT2D eigenvalue weighted by atomic mass is 10.0. The molecule has 0 atom stereocenters. The Morgan fingerprint density at radius 2 is 1.93 bits per heavy atom. The van der Waals surface area contributed by atoms with Crippen molar-refractivity contribution in [2.75, 3.05) is 11.9 Å². The lowest BCUT2D eigenvalue weighted by molar-refractivity contribution is 0.102. The highest BCUT2D eigenvalue weighted by Gasteiger charge is 2.28. The molecule has 4 rings (SSSR count). The maximum Gasteiger partial charge on any atom is 0.257 e. The van der Waals surface area contributed by atoms with Gasteiger partial charge in [-0.1, -0.05) is 48.6 Å². The number of hydrogen-bond donors (Lipinski definition) is 1. The molecular formula is C21H22N4O3S2. The molecule has 0 saturated heterocycles. The summed E-state index contributed by atoms with van der Waals surface area (Å²) in [6.07, 6.45) is 2.43. The first-order valence-corrected chi connectivity index (χ1v) is 12.0. The van der Waals surface area contributed by atoms with Crippen molar-refractivity contribution < 1.29 is 13.2 Å². The van der Waals surface area contributed by atoms with Gasteiger partial charge in [-0.05, 0) is 42.2 Å². The van der Waals surface area contributed by atoms with Crippen molar-refractivity contribution in [3.05, 3.63) is 70.2 Å². The highest BCUT2D eigenvalue weighted by molar-refractivity contribution is 7.89. The number of benzene rings is 2. The van der Waals surface area contributed by atoms with Gasteiger partial charge in [0.15, 0.2) is 0 Å². The van der Waals surface area contributed by atoms with Crippen LogP contribution < -0.4 is 5.32 Å². The number of carbonyl (C=O) groups excluding carboxylic acids is 1. The molecule has 1 aliphatic rings. The quantitative estimate of drug-likeness (QED) is 0.631. The second-order valence-electron chi connectivity index (χ2n) is 7.09. The van der Waals surface area contributed by atoms with E-state index in [2.05, 4.69) is 15.5 Å². The fourth-order valence-electron chi connectivity index (χ4n) is 3.41. The smallest absolute Gasteiger partial charge is 0.257 e. The molecule has 3 aromatic rings. The summed E-state index contributed by atoms with van der Waals surface area (Å²) in [4.78, 5) is 12.7. The zero-order valence-electron chi connectivity index (χ0n) is 16.5. The molecule has 1 amide bonds. The molecule has 0 fully saturated rings. The van der Waals surface area contributed by atoms with E-state index >= 15 is 0 Å². The number of amides is 1. The average molecular weight is 443 g/mol. The first-order chi connectivity index (χ1) is 14.5. The van der Waals surface area contributed by atoms with Crippen molar-refractivity contribution in [3.8, 4) is 0 Å². The van der Waals surface area contributed by atoms with Crippen molar-refractivity contribution in [3.63, 3.8) is 0 Å². The second-order valence-corrected chi connectivity index (χ2v) is 10.1. The number of nitrogens with one attached hydrogen (secondary N) is 1. The summed E-state index contributed by atoms with van der Waals surface area (Å²) in [6.45, 7) is 2.80. The monoisotopic (exact) mass is 442 g/mol. The number of aromatic nitrogens is 2. The van der Waals surface area contributed by atoms with Crippen LogP contribution in [0.1, 0.15) is 39.8 Å². The van der Waals surface area contributed by atoms with Crippen LogP contribution in [-0.4, -0.2) is 35.4 Å². The lowest BCUT2D eigenvalue weighted by Gasteiger charge is -2.28. The van der Waals surface area contributed by atoms with E-state index in [0.717, 1.165) is 23.4 Å². The fourth-order valence-corrected chi connectivity index (χ4v) is 5.71. The van der Waals surface area contributed by atoms with Gasteiger partial charge in [-0.3, -0.25) is 10.1 Å². The van der Waals surface area contributed by atoms with Crippen LogP contribution in [0.15, 0.2) is 53.4 Å². The Kier molecular flexibility index (Phi) is 5.94. The molecule has 1 N–H and O–H groups in total. The summed E-state index contributed by atoms with van der Waals surface area (Å²) >= 11 is 1.33. The van der Waals surface area contributed by atoms with Crippen molar-refractivity contribution in [1.82, 2.24) is 14.5 Å². The zero-order valence-corrected chi connectivity index (χ0v) is 18.2. The van der Waals surface area contributed by atoms with Crippen LogP contribution in [0.25, 0.3) is 0 Å². The minimum atomic E-state index is -3.71. The third kappa shape index (κ3) is 4.28. The van der Waals surface area contributed by atoms with Gasteiger partial charge in [0.1, 0.15) is 5.01 Å². The highest BCUT2D eigenvalue weighted by Crippen LogP contribution is 2.25. The summed E-state index contributed by atoms with van der Waals surface area (Å²) in [7, 11) is -3.71. The normalized spacial score (nSPS) is 14.3. The first-order valence-electron chi connectivity index (χ1n) is 9.78. The summed E-state index contributed by atoms with van der Waals surface area (Å²) < 4.78 is 27.8. The molecule has 0 radical (unpaired) electrons. The molecule has 0 bridgehead atoms. The van der Waals surface area contributed by atoms with Crippen LogP contribution in [0.4, 0.5) is 5.13 Å². The predicted octanol–water partition coefficient (Wildman–Crippen LogP) is 3.49. The SMILES string of the molecule is CCCc1nnc(NC(=O)c2cccc(S(=O)(=O)N3CCc4ccccc4C3)c2)s1. The van der Waals surface area contributed by atoms with E-state index in [1.165, 1.54) is 33.3 Å². The van der Waals surface area contributed by atoms with Gasteiger partial charge in [-0.15, -0.1) is 10.2 Å². The van der Waals surface area contributed by atoms with Crippen LogP contribution in [0, 0.1) is 0 Å². The first kappa shape index (κ1) is 20.6. The van der Waals surface area contributed by atoms with Gasteiger partial charge in [0.2, 0.25) is 15.2 Å². The number of sulfonamides is 1. The van der Waals surface area contributed by atoms with Gasteiger partial charge in [0.05, 0.1) is 4.90 Å². The summed E-state index contributed by atoms with van der Waals surface area (Å²) in [5.41, 5.74) is 2.46. The van der Waals surface area contributed by atoms with Crippen LogP contribution >= 0.6 is 11.3 Å². The van der Waals surface area contributed by atoms with E-state index in [0.29, 0.717) is 24.6 Å². The maximum atomic E-state index is 13.2. The van der Waals surface area contributed by atoms with E-state index in [1.807, 2.05) is 31.2 Å². The molecule has 2 aromatic carbocycles. The number of rotatable bonds is 6. The third-order valence-corrected chi connectivity index (χ3v) is 7.72. The molecule has 0 spiro atoms. The largest absolute Gasteiger partial charge is 0.296 e. The van der Waals surface area contributed by atoms with Gasteiger partial charge in [0.25, 0.3) is 5.91 Å². The van der Waals surface area contributed by atoms with E-state index < -0.39 is 15.9 Å². The molecule has 30 heavy (non-hydrogen) atoms. The number of anilines is 1. The Hall–Kier alpha value is -2.62. The summed E-state index contributed by atoms with van der Waals surface area (Å²) in [5.74, 6) is -0.407. The molecule has 1 aliphatic heterocycles. The molecule has 0 aliphatic carbocycles. The van der Waals surface area contributed by atoms with Crippen molar-refractivity contribution in [1.29, 1.82) is 0 Å². The highest BCUT2D eigenvalue weighted by atomic mass is 32.2. The molecule has 1 aromatic heterocycles. The van der Waals surface area contributed by atoms with Crippen molar-refractivity contribution in [2.45, 2.75) is 37.6 Å². The Bertz CT molecular complexity index is 1170. The summed E-state index contributed by atoms with van der Waals surface area (Å²) in [5, 5.41) is 12.0. The van der Waals surface area contributed by atoms with Gasteiger partial charge < -0.3 is 0 Å². The molecule has 0 saturated carbocycles. The number of aryl methyl sites for hydroxylation is 1. The second kappa shape index (κ2) is 8.63. The molecule has 156 valence electrons. The van der Waals surface area contributed by atoms with E-state index in [1.54, 1.807) is 12.1 Å². The predicted molar refractivity (Wildman–Crippen MR) is 116 cm³/mol. The number of nitrogens with zero attached hydrogens (tertiary/aromatic N) is 3. The van der Waals surface area contributed by atoms with Crippen LogP contribution in [0.2, 0.25) is 0 Å². The van der Waals surface area contributed by atoms with Gasteiger partial charge in [0, 0.05) is 25.1 Å². The van der Waals surface area contributed by atoms with Crippen LogP contribution in [0.3, 0.4) is 0 Å². The molecule has 9 heteroatoms. The third-order valence-electron chi connectivity index (χ3n) is 4.98. The maximum absolute atomic E-state index is 13.2. The lowest BCUT2D eigenvalue weighted by Crippen LogP contribution is -2.36. The Morgan fingerprint density at radius 1 is 1.13 bits per heavy atom. The molecule has 7 nitrogen and oxygen atoms in total.